The van der Waals surface area contributed by atoms with Gasteiger partial charge in [-0.1, -0.05) is 6.07 Å². The summed E-state index contributed by atoms with van der Waals surface area (Å²) >= 11 is 0. The smallest absolute Gasteiger partial charge is 0.254 e. The Balaban J connectivity index is 1.64. The third kappa shape index (κ3) is 3.63. The topological polar surface area (TPSA) is 107 Å². The van der Waals surface area contributed by atoms with Crippen molar-refractivity contribution in [2.75, 3.05) is 17.2 Å². The van der Waals surface area contributed by atoms with Gasteiger partial charge in [0.25, 0.3) is 5.91 Å². The molecule has 9 heteroatoms. The van der Waals surface area contributed by atoms with Gasteiger partial charge in [0, 0.05) is 29.9 Å². The minimum Gasteiger partial charge on any atom is -0.383 e. The Bertz CT molecular complexity index is 1200. The molecule has 0 saturated heterocycles. The molecule has 2 heterocycles. The van der Waals surface area contributed by atoms with E-state index in [2.05, 4.69) is 5.10 Å². The molecule has 0 unspecified atom stereocenters. The number of aromatic nitrogens is 2. The number of rotatable bonds is 5. The van der Waals surface area contributed by atoms with Crippen LogP contribution in [0.15, 0.2) is 36.4 Å². The van der Waals surface area contributed by atoms with E-state index in [1.165, 1.54) is 4.68 Å². The fourth-order valence-corrected chi connectivity index (χ4v) is 3.91. The number of carbonyl (C=O) groups is 2. The monoisotopic (exact) mass is 425 g/mol. The summed E-state index contributed by atoms with van der Waals surface area (Å²) in [7, 11) is 0. The number of halogens is 2. The molecule has 3 aromatic rings. The second-order valence-corrected chi connectivity index (χ2v) is 7.34. The zero-order chi connectivity index (χ0) is 22.3. The fourth-order valence-electron chi connectivity index (χ4n) is 3.91. The molecule has 1 aliphatic rings. The van der Waals surface area contributed by atoms with Crippen LogP contribution >= 0.6 is 0 Å². The predicted molar refractivity (Wildman–Crippen MR) is 112 cm³/mol. The van der Waals surface area contributed by atoms with E-state index in [9.17, 15) is 18.4 Å². The Kier molecular flexibility index (Phi) is 5.18. The van der Waals surface area contributed by atoms with Crippen LogP contribution < -0.4 is 16.4 Å². The van der Waals surface area contributed by atoms with Gasteiger partial charge in [-0.15, -0.1) is 0 Å². The van der Waals surface area contributed by atoms with E-state index < -0.39 is 17.5 Å². The van der Waals surface area contributed by atoms with Crippen molar-refractivity contribution in [3.05, 3.63) is 64.7 Å². The molecule has 4 rings (SSSR count). The van der Waals surface area contributed by atoms with E-state index in [4.69, 9.17) is 11.5 Å². The summed E-state index contributed by atoms with van der Waals surface area (Å²) in [4.78, 5) is 26.2. The van der Waals surface area contributed by atoms with Crippen molar-refractivity contribution >= 4 is 23.3 Å². The summed E-state index contributed by atoms with van der Waals surface area (Å²) in [6.07, 6.45) is 0.338. The largest absolute Gasteiger partial charge is 0.383 e. The molecule has 160 valence electrons. The Morgan fingerprint density at radius 1 is 1.16 bits per heavy atom. The highest BCUT2D eigenvalue weighted by molar-refractivity contribution is 6.03. The van der Waals surface area contributed by atoms with Gasteiger partial charge in [0.15, 0.2) is 0 Å². The Morgan fingerprint density at radius 2 is 1.94 bits per heavy atom. The minimum absolute atomic E-state index is 0.0155. The Morgan fingerprint density at radius 3 is 2.65 bits per heavy atom. The Hall–Kier alpha value is -3.75. The molecule has 7 nitrogen and oxygen atoms in total. The third-order valence-electron chi connectivity index (χ3n) is 5.44. The molecule has 1 aromatic heterocycles. The lowest BCUT2D eigenvalue weighted by Gasteiger charge is -2.18. The lowest BCUT2D eigenvalue weighted by Crippen LogP contribution is -2.30. The number of anilines is 2. The van der Waals surface area contributed by atoms with E-state index in [1.54, 1.807) is 17.0 Å². The SMILES string of the molecule is CCn1nc(-c2ccc3c(c2)CCN3C(=O)Cc2cc(F)ccc2F)c(C(N)=O)c1N. The number of hydrogen-bond acceptors (Lipinski definition) is 4. The molecular weight excluding hydrogens is 404 g/mol. The number of aryl methyl sites for hydroxylation is 1. The average molecular weight is 425 g/mol. The number of amides is 2. The van der Waals surface area contributed by atoms with Crippen LogP contribution in [0, 0.1) is 11.6 Å². The van der Waals surface area contributed by atoms with Crippen molar-refractivity contribution in [3.63, 3.8) is 0 Å². The number of carbonyl (C=O) groups excluding carboxylic acids is 2. The lowest BCUT2D eigenvalue weighted by atomic mass is 10.0. The average Bonchev–Trinajstić information content (AvgIpc) is 3.31. The summed E-state index contributed by atoms with van der Waals surface area (Å²) in [5.74, 6) is -1.99. The maximum Gasteiger partial charge on any atom is 0.254 e. The predicted octanol–water partition coefficient (Wildman–Crippen LogP) is 2.66. The van der Waals surface area contributed by atoms with Crippen LogP contribution in [0.3, 0.4) is 0 Å². The molecule has 0 spiro atoms. The van der Waals surface area contributed by atoms with Gasteiger partial charge in [0.2, 0.25) is 5.91 Å². The molecule has 0 fully saturated rings. The number of benzene rings is 2. The molecule has 0 bridgehead atoms. The maximum absolute atomic E-state index is 13.9. The van der Waals surface area contributed by atoms with Crippen molar-refractivity contribution in [1.82, 2.24) is 9.78 Å². The standard InChI is InChI=1S/C22H21F2N5O2/c1-2-29-21(25)19(22(26)31)20(27-29)13-3-6-17-12(9-13)7-8-28(17)18(30)11-14-10-15(23)4-5-16(14)24/h3-6,9-10H,2,7-8,11,25H2,1H3,(H2,26,31). The molecular formula is C22H21F2N5O2. The van der Waals surface area contributed by atoms with Gasteiger partial charge in [-0.2, -0.15) is 5.10 Å². The molecule has 0 atom stereocenters. The lowest BCUT2D eigenvalue weighted by molar-refractivity contribution is -0.117. The summed E-state index contributed by atoms with van der Waals surface area (Å²) in [5.41, 5.74) is 14.3. The van der Waals surface area contributed by atoms with Gasteiger partial charge in [-0.3, -0.25) is 9.59 Å². The van der Waals surface area contributed by atoms with E-state index in [1.807, 2.05) is 13.0 Å². The fraction of sp³-hybridized carbons (Fsp3) is 0.227. The van der Waals surface area contributed by atoms with Crippen LogP contribution in [0.5, 0.6) is 0 Å². The molecule has 0 aliphatic carbocycles. The van der Waals surface area contributed by atoms with Gasteiger partial charge in [-0.25, -0.2) is 13.5 Å². The van der Waals surface area contributed by atoms with Gasteiger partial charge in [-0.05, 0) is 49.2 Å². The highest BCUT2D eigenvalue weighted by Gasteiger charge is 2.27. The van der Waals surface area contributed by atoms with Crippen molar-refractivity contribution in [2.24, 2.45) is 5.73 Å². The number of fused-ring (bicyclic) bond motifs is 1. The van der Waals surface area contributed by atoms with Crippen LogP contribution in [0.4, 0.5) is 20.3 Å². The number of nitrogens with zero attached hydrogens (tertiary/aromatic N) is 3. The minimum atomic E-state index is -0.665. The van der Waals surface area contributed by atoms with Crippen LogP contribution in [-0.4, -0.2) is 28.1 Å². The first-order valence-electron chi connectivity index (χ1n) is 9.83. The first-order valence-corrected chi connectivity index (χ1v) is 9.83. The zero-order valence-electron chi connectivity index (χ0n) is 16.9. The summed E-state index contributed by atoms with van der Waals surface area (Å²) in [5, 5.41) is 4.41. The quantitative estimate of drug-likeness (QED) is 0.655. The van der Waals surface area contributed by atoms with Gasteiger partial charge in [0.05, 0.1) is 6.42 Å². The van der Waals surface area contributed by atoms with Crippen molar-refractivity contribution < 1.29 is 18.4 Å². The van der Waals surface area contributed by atoms with Crippen molar-refractivity contribution in [2.45, 2.75) is 26.3 Å². The van der Waals surface area contributed by atoms with Gasteiger partial charge < -0.3 is 16.4 Å². The van der Waals surface area contributed by atoms with Crippen LogP contribution in [0.2, 0.25) is 0 Å². The van der Waals surface area contributed by atoms with Crippen molar-refractivity contribution in [1.29, 1.82) is 0 Å². The highest BCUT2D eigenvalue weighted by Crippen LogP contribution is 2.34. The van der Waals surface area contributed by atoms with E-state index >= 15 is 0 Å². The van der Waals surface area contributed by atoms with Crippen LogP contribution in [0.25, 0.3) is 11.3 Å². The first-order chi connectivity index (χ1) is 14.8. The number of hydrogen-bond donors (Lipinski definition) is 2. The first kappa shape index (κ1) is 20.5. The molecule has 1 aliphatic heterocycles. The molecule has 4 N–H and O–H groups in total. The molecule has 0 saturated carbocycles. The third-order valence-corrected chi connectivity index (χ3v) is 5.44. The second-order valence-electron chi connectivity index (χ2n) is 7.34. The summed E-state index contributed by atoms with van der Waals surface area (Å²) < 4.78 is 28.9. The van der Waals surface area contributed by atoms with Gasteiger partial charge in [0.1, 0.15) is 28.7 Å². The molecule has 2 aromatic carbocycles. The normalized spacial score (nSPS) is 12.8. The maximum atomic E-state index is 13.9. The van der Waals surface area contributed by atoms with Crippen LogP contribution in [0.1, 0.15) is 28.4 Å². The number of nitrogen functional groups attached to an aromatic ring is 1. The second kappa shape index (κ2) is 7.82. The molecule has 2 amide bonds. The zero-order valence-corrected chi connectivity index (χ0v) is 16.9. The summed E-state index contributed by atoms with van der Waals surface area (Å²) in [6.45, 7) is 2.75. The van der Waals surface area contributed by atoms with E-state index in [-0.39, 0.29) is 29.3 Å². The molecule has 31 heavy (non-hydrogen) atoms. The Labute approximate surface area is 177 Å². The summed E-state index contributed by atoms with van der Waals surface area (Å²) in [6, 6.07) is 8.40. The van der Waals surface area contributed by atoms with E-state index in [0.717, 1.165) is 23.8 Å². The highest BCUT2D eigenvalue weighted by atomic mass is 19.1. The number of primary amides is 1. The van der Waals surface area contributed by atoms with Crippen molar-refractivity contribution in [3.8, 4) is 11.3 Å². The number of nitrogens with two attached hydrogens (primary N) is 2. The van der Waals surface area contributed by atoms with E-state index in [0.29, 0.717) is 36.5 Å². The van der Waals surface area contributed by atoms with Gasteiger partial charge >= 0.3 is 0 Å². The molecule has 0 radical (unpaired) electrons. The van der Waals surface area contributed by atoms with Crippen LogP contribution in [-0.2, 0) is 24.2 Å².